The molecule has 0 aromatic heterocycles. The molecule has 0 saturated carbocycles. The number of esters is 1. The van der Waals surface area contributed by atoms with Gasteiger partial charge in [-0.15, -0.1) is 0 Å². The third kappa shape index (κ3) is 7.38. The Kier molecular flexibility index (Phi) is 10.0. The predicted molar refractivity (Wildman–Crippen MR) is 190 cm³/mol. The first-order valence-corrected chi connectivity index (χ1v) is 17.3. The van der Waals surface area contributed by atoms with E-state index in [1.165, 1.54) is 84.9 Å². The molecule has 2 amide bonds. The van der Waals surface area contributed by atoms with Gasteiger partial charge in [0.05, 0.1) is 30.0 Å². The number of amides is 2. The molecule has 270 valence electrons. The second-order valence-corrected chi connectivity index (χ2v) is 13.3. The molecule has 11 heteroatoms. The van der Waals surface area contributed by atoms with Crippen LogP contribution in [-0.2, 0) is 14.4 Å². The number of hydrogen-bond donors (Lipinski definition) is 2. The third-order valence-corrected chi connectivity index (χ3v) is 9.99. The van der Waals surface area contributed by atoms with E-state index < -0.39 is 53.4 Å². The molecule has 53 heavy (non-hydrogen) atoms. The van der Waals surface area contributed by atoms with Gasteiger partial charge in [0, 0.05) is 17.8 Å². The summed E-state index contributed by atoms with van der Waals surface area (Å²) in [6, 6.07) is 29.1. The third-order valence-electron chi connectivity index (χ3n) is 9.99. The first-order valence-electron chi connectivity index (χ1n) is 17.3. The number of hydrogen-bond acceptors (Lipinski definition) is 6. The number of benzene rings is 5. The van der Waals surface area contributed by atoms with Crippen LogP contribution >= 0.6 is 0 Å². The Morgan fingerprint density at radius 1 is 0.623 bits per heavy atom. The number of nitrogens with zero attached hydrogens (tertiary/aromatic N) is 2. The number of phenols is 1. The number of phenolic OH excluding ortho intramolecular Hbond substituents is 1. The van der Waals surface area contributed by atoms with E-state index in [0.29, 0.717) is 23.4 Å². The maximum atomic E-state index is 13.7. The average Bonchev–Trinajstić information content (AvgIpc) is 3.15. The van der Waals surface area contributed by atoms with Crippen LogP contribution in [0.2, 0.25) is 0 Å². The number of aliphatic hydroxyl groups is 1. The fourth-order valence-electron chi connectivity index (χ4n) is 7.25. The van der Waals surface area contributed by atoms with Gasteiger partial charge in [-0.3, -0.25) is 14.4 Å². The minimum atomic E-state index is -0.900. The van der Waals surface area contributed by atoms with Crippen molar-refractivity contribution in [1.29, 1.82) is 0 Å². The number of rotatable bonds is 12. The number of carbonyl (C=O) groups is 3. The highest BCUT2D eigenvalue weighted by Gasteiger charge is 2.49. The van der Waals surface area contributed by atoms with E-state index in [1.54, 1.807) is 46.2 Å². The normalized spacial score (nSPS) is 20.1. The number of aliphatic hydroxyl groups excluding tert-OH is 1. The lowest BCUT2D eigenvalue weighted by Crippen LogP contribution is -2.55. The van der Waals surface area contributed by atoms with Gasteiger partial charge in [0.25, 0.3) is 0 Å². The summed E-state index contributed by atoms with van der Waals surface area (Å²) in [5, 5.41) is 20.5. The molecule has 5 aromatic rings. The van der Waals surface area contributed by atoms with E-state index in [-0.39, 0.29) is 42.6 Å². The first kappa shape index (κ1) is 35.5. The van der Waals surface area contributed by atoms with Crippen molar-refractivity contribution in [2.45, 2.75) is 43.9 Å². The van der Waals surface area contributed by atoms with Gasteiger partial charge < -0.3 is 24.7 Å². The maximum Gasteiger partial charge on any atom is 0.311 e. The summed E-state index contributed by atoms with van der Waals surface area (Å²) in [5.74, 6) is -2.94. The van der Waals surface area contributed by atoms with Crippen molar-refractivity contribution in [3.63, 3.8) is 0 Å². The van der Waals surface area contributed by atoms with Crippen LogP contribution in [0.3, 0.4) is 0 Å². The Morgan fingerprint density at radius 2 is 1.06 bits per heavy atom. The summed E-state index contributed by atoms with van der Waals surface area (Å²) in [7, 11) is 0. The van der Waals surface area contributed by atoms with E-state index in [1.807, 2.05) is 0 Å². The maximum absolute atomic E-state index is 13.7. The van der Waals surface area contributed by atoms with E-state index in [9.17, 15) is 37.8 Å². The van der Waals surface area contributed by atoms with Gasteiger partial charge in [-0.05, 0) is 121 Å². The van der Waals surface area contributed by atoms with Crippen molar-refractivity contribution in [3.05, 3.63) is 155 Å². The quantitative estimate of drug-likeness (QED) is 0.0767. The van der Waals surface area contributed by atoms with E-state index in [2.05, 4.69) is 0 Å². The summed E-state index contributed by atoms with van der Waals surface area (Å²) in [5.41, 5.74) is 3.08. The molecule has 2 aliphatic heterocycles. The summed E-state index contributed by atoms with van der Waals surface area (Å²) in [6.45, 7) is 0. The molecule has 0 aliphatic carbocycles. The van der Waals surface area contributed by atoms with Gasteiger partial charge in [0.2, 0.25) is 11.8 Å². The lowest BCUT2D eigenvalue weighted by atomic mass is 9.78. The summed E-state index contributed by atoms with van der Waals surface area (Å²) in [4.78, 5) is 42.9. The predicted octanol–water partition coefficient (Wildman–Crippen LogP) is 8.12. The zero-order valence-corrected chi connectivity index (χ0v) is 28.3. The molecule has 0 bridgehead atoms. The second kappa shape index (κ2) is 15.0. The fraction of sp³-hybridized carbons (Fsp3) is 0.214. The molecule has 2 N–H and O–H groups in total. The van der Waals surface area contributed by atoms with E-state index in [4.69, 9.17) is 4.74 Å². The smallest absolute Gasteiger partial charge is 0.311 e. The lowest BCUT2D eigenvalue weighted by Gasteiger charge is -2.48. The molecule has 2 saturated heterocycles. The fourth-order valence-corrected chi connectivity index (χ4v) is 7.25. The van der Waals surface area contributed by atoms with Crippen LogP contribution in [-0.4, -0.2) is 28.0 Å². The van der Waals surface area contributed by atoms with E-state index >= 15 is 0 Å². The molecule has 0 spiro atoms. The number of aromatic hydroxyl groups is 1. The molecule has 8 nitrogen and oxygen atoms in total. The Bertz CT molecular complexity index is 2090. The van der Waals surface area contributed by atoms with Crippen molar-refractivity contribution in [2.24, 2.45) is 11.8 Å². The molecular formula is C42H35F3N2O6. The summed E-state index contributed by atoms with van der Waals surface area (Å²) < 4.78 is 46.4. The number of halogens is 3. The van der Waals surface area contributed by atoms with Gasteiger partial charge in [-0.1, -0.05) is 36.4 Å². The van der Waals surface area contributed by atoms with Crippen molar-refractivity contribution < 1.29 is 42.5 Å². The highest BCUT2D eigenvalue weighted by atomic mass is 19.1. The minimum absolute atomic E-state index is 0.0576. The van der Waals surface area contributed by atoms with Crippen LogP contribution in [0.5, 0.6) is 11.5 Å². The number of β-lactam (4-membered cyclic amide) rings is 2. The van der Waals surface area contributed by atoms with Gasteiger partial charge in [0.15, 0.2) is 0 Å². The Morgan fingerprint density at radius 3 is 1.55 bits per heavy atom. The second-order valence-electron chi connectivity index (χ2n) is 13.3. The van der Waals surface area contributed by atoms with E-state index in [0.717, 1.165) is 11.1 Å². The van der Waals surface area contributed by atoms with Gasteiger partial charge in [-0.2, -0.15) is 0 Å². The molecular weight excluding hydrogens is 685 g/mol. The van der Waals surface area contributed by atoms with Crippen LogP contribution in [0.15, 0.2) is 121 Å². The summed E-state index contributed by atoms with van der Waals surface area (Å²) >= 11 is 0. The molecule has 0 radical (unpaired) electrons. The van der Waals surface area contributed by atoms with Gasteiger partial charge in [-0.25, -0.2) is 13.2 Å². The highest BCUT2D eigenvalue weighted by Crippen LogP contribution is 2.48. The topological polar surface area (TPSA) is 107 Å². The zero-order chi connectivity index (χ0) is 37.2. The van der Waals surface area contributed by atoms with Gasteiger partial charge in [0.1, 0.15) is 29.0 Å². The molecule has 3 unspecified atom stereocenters. The number of carbonyl (C=O) groups excluding carboxylic acids is 3. The number of ether oxygens (including phenoxy) is 1. The van der Waals surface area contributed by atoms with Crippen LogP contribution in [0.4, 0.5) is 24.5 Å². The van der Waals surface area contributed by atoms with Crippen LogP contribution in [0.25, 0.3) is 0 Å². The Balaban J connectivity index is 1.02. The largest absolute Gasteiger partial charge is 0.508 e. The number of anilines is 2. The van der Waals surface area contributed by atoms with Crippen molar-refractivity contribution in [2.75, 3.05) is 9.80 Å². The van der Waals surface area contributed by atoms with Crippen molar-refractivity contribution >= 4 is 29.2 Å². The molecule has 5 atom stereocenters. The Hall–Kier alpha value is -5.94. The highest BCUT2D eigenvalue weighted by molar-refractivity contribution is 6.04. The van der Waals surface area contributed by atoms with Crippen LogP contribution in [0, 0.1) is 29.3 Å². The molecule has 7 rings (SSSR count). The average molecular weight is 721 g/mol. The first-order chi connectivity index (χ1) is 25.6. The molecule has 2 aliphatic rings. The molecule has 2 fully saturated rings. The van der Waals surface area contributed by atoms with Crippen molar-refractivity contribution in [1.82, 2.24) is 0 Å². The molecule has 5 aromatic carbocycles. The van der Waals surface area contributed by atoms with Gasteiger partial charge >= 0.3 is 5.97 Å². The standard InChI is InChI=1S/C42H35F3N2O6/c43-28-7-1-25(2-8-28)37(49)23-21-35-40(47(41(35)51)32-15-11-30(45)12-16-32)27-5-19-34(20-6-27)53-38(50)24-22-36-39(26-3-17-33(48)18-4-26)46(42(36)52)31-13-9-29(44)10-14-31/h1-20,35-37,39-40,48-49H,21-24H2/t35-,36-,37?,39?,40?/m0/s1. The summed E-state index contributed by atoms with van der Waals surface area (Å²) in [6.07, 6.45) is -0.174. The monoisotopic (exact) mass is 720 g/mol. The zero-order valence-electron chi connectivity index (χ0n) is 28.3. The van der Waals surface area contributed by atoms with Crippen LogP contribution < -0.4 is 14.5 Å². The lowest BCUT2D eigenvalue weighted by molar-refractivity contribution is -0.136. The minimum Gasteiger partial charge on any atom is -0.508 e. The Labute approximate surface area is 303 Å². The van der Waals surface area contributed by atoms with Crippen LogP contribution in [0.1, 0.15) is 60.6 Å². The SMILES string of the molecule is O=C(CC[C@@H]1C(=O)N(c2ccc(F)cc2)C1c1ccc(O)cc1)Oc1ccc(C2[C@H](CCC(O)c3ccc(F)cc3)C(=O)N2c2ccc(F)cc2)cc1. The van der Waals surface area contributed by atoms with Crippen molar-refractivity contribution in [3.8, 4) is 11.5 Å². The molecule has 2 heterocycles.